The Morgan fingerprint density at radius 3 is 2.67 bits per heavy atom. The fraction of sp³-hybridized carbons (Fsp3) is 0.235. The first-order valence-electron chi connectivity index (χ1n) is 6.72. The van der Waals surface area contributed by atoms with Gasteiger partial charge in [-0.3, -0.25) is 0 Å². The van der Waals surface area contributed by atoms with Gasteiger partial charge in [-0.2, -0.15) is 5.26 Å². The largest absolute Gasteiger partial charge is 0.496 e. The van der Waals surface area contributed by atoms with Crippen LogP contribution in [-0.4, -0.2) is 21.2 Å². The number of rotatable bonds is 5. The first-order chi connectivity index (χ1) is 10.1. The molecule has 2 aromatic carbocycles. The molecule has 0 aromatic heterocycles. The Morgan fingerprint density at radius 1 is 1.19 bits per heavy atom. The third-order valence-corrected chi connectivity index (χ3v) is 3.26. The van der Waals surface area contributed by atoms with Crippen LogP contribution in [0, 0.1) is 11.3 Å². The third kappa shape index (κ3) is 3.67. The van der Waals surface area contributed by atoms with Crippen LogP contribution < -0.4 is 15.0 Å². The summed E-state index contributed by atoms with van der Waals surface area (Å²) in [5, 5.41) is 12.4. The topological polar surface area (TPSA) is 48.3 Å². The number of methoxy groups -OCH3 is 1. The van der Waals surface area contributed by atoms with Crippen LogP contribution in [0.3, 0.4) is 0 Å². The Labute approximate surface area is 125 Å². The van der Waals surface area contributed by atoms with E-state index >= 15 is 0 Å². The van der Waals surface area contributed by atoms with Crippen molar-refractivity contribution in [3.63, 3.8) is 0 Å². The molecule has 4 heteroatoms. The summed E-state index contributed by atoms with van der Waals surface area (Å²) >= 11 is 0. The Morgan fingerprint density at radius 2 is 2.00 bits per heavy atom. The standard InChI is InChI=1S/C17H19N3O/c1-20(2)16-6-4-5-15(10-16)19-12-14-9-13(11-18)7-8-17(14)21-3/h4-10,19H,12H2,1-3H3. The van der Waals surface area contributed by atoms with E-state index in [4.69, 9.17) is 10.00 Å². The van der Waals surface area contributed by atoms with Gasteiger partial charge in [0.05, 0.1) is 18.7 Å². The van der Waals surface area contributed by atoms with Gasteiger partial charge in [-0.05, 0) is 36.4 Å². The number of anilines is 2. The molecule has 4 nitrogen and oxygen atoms in total. The maximum absolute atomic E-state index is 8.99. The third-order valence-electron chi connectivity index (χ3n) is 3.26. The van der Waals surface area contributed by atoms with E-state index in [1.807, 2.05) is 38.4 Å². The van der Waals surface area contributed by atoms with E-state index in [0.29, 0.717) is 12.1 Å². The SMILES string of the molecule is COc1ccc(C#N)cc1CNc1cccc(N(C)C)c1. The first kappa shape index (κ1) is 14.7. The van der Waals surface area contributed by atoms with Crippen molar-refractivity contribution in [3.8, 4) is 11.8 Å². The molecule has 0 bridgehead atoms. The van der Waals surface area contributed by atoms with Crippen LogP contribution in [0.25, 0.3) is 0 Å². The average Bonchev–Trinajstić information content (AvgIpc) is 2.52. The molecule has 0 aliphatic heterocycles. The van der Waals surface area contributed by atoms with E-state index in [0.717, 1.165) is 22.7 Å². The second-order valence-corrected chi connectivity index (χ2v) is 4.94. The zero-order valence-corrected chi connectivity index (χ0v) is 12.6. The lowest BCUT2D eigenvalue weighted by atomic mass is 10.1. The van der Waals surface area contributed by atoms with Crippen molar-refractivity contribution in [2.75, 3.05) is 31.4 Å². The highest BCUT2D eigenvalue weighted by Crippen LogP contribution is 2.22. The fourth-order valence-electron chi connectivity index (χ4n) is 2.08. The van der Waals surface area contributed by atoms with Gasteiger partial charge in [-0.15, -0.1) is 0 Å². The lowest BCUT2D eigenvalue weighted by molar-refractivity contribution is 0.410. The molecule has 0 radical (unpaired) electrons. The van der Waals surface area contributed by atoms with Crippen LogP contribution in [0.2, 0.25) is 0 Å². The summed E-state index contributed by atoms with van der Waals surface area (Å²) in [5.41, 5.74) is 3.77. The number of nitrogens with one attached hydrogen (secondary N) is 1. The lowest BCUT2D eigenvalue weighted by Crippen LogP contribution is -2.09. The fourth-order valence-corrected chi connectivity index (χ4v) is 2.08. The maximum atomic E-state index is 8.99. The highest BCUT2D eigenvalue weighted by atomic mass is 16.5. The van der Waals surface area contributed by atoms with Gasteiger partial charge in [-0.1, -0.05) is 6.07 Å². The van der Waals surface area contributed by atoms with E-state index in [1.54, 1.807) is 13.2 Å². The minimum atomic E-state index is 0.607. The average molecular weight is 281 g/mol. The summed E-state index contributed by atoms with van der Waals surface area (Å²) in [6.45, 7) is 0.607. The van der Waals surface area contributed by atoms with Gasteiger partial charge in [0.15, 0.2) is 0 Å². The van der Waals surface area contributed by atoms with Crippen molar-refractivity contribution >= 4 is 11.4 Å². The van der Waals surface area contributed by atoms with E-state index in [-0.39, 0.29) is 0 Å². The molecule has 0 heterocycles. The summed E-state index contributed by atoms with van der Waals surface area (Å²) in [4.78, 5) is 2.06. The molecule has 0 unspecified atom stereocenters. The van der Waals surface area contributed by atoms with Crippen LogP contribution in [0.15, 0.2) is 42.5 Å². The highest BCUT2D eigenvalue weighted by molar-refractivity contribution is 5.58. The van der Waals surface area contributed by atoms with Crippen LogP contribution in [-0.2, 0) is 6.54 Å². The predicted octanol–water partition coefficient (Wildman–Crippen LogP) is 3.24. The molecule has 0 atom stereocenters. The van der Waals surface area contributed by atoms with Crippen LogP contribution in [0.1, 0.15) is 11.1 Å². The number of benzene rings is 2. The van der Waals surface area contributed by atoms with Gasteiger partial charge in [0.25, 0.3) is 0 Å². The molecule has 0 fully saturated rings. The van der Waals surface area contributed by atoms with Gasteiger partial charge >= 0.3 is 0 Å². The molecule has 2 rings (SSSR count). The molecule has 0 aliphatic carbocycles. The molecule has 0 saturated heterocycles. The second-order valence-electron chi connectivity index (χ2n) is 4.94. The molecule has 2 aromatic rings. The van der Waals surface area contributed by atoms with E-state index in [2.05, 4.69) is 28.4 Å². The van der Waals surface area contributed by atoms with Crippen LogP contribution >= 0.6 is 0 Å². The minimum absolute atomic E-state index is 0.607. The maximum Gasteiger partial charge on any atom is 0.123 e. The van der Waals surface area contributed by atoms with E-state index in [9.17, 15) is 0 Å². The molecular formula is C17H19N3O. The molecule has 0 saturated carbocycles. The van der Waals surface area contributed by atoms with Crippen molar-refractivity contribution in [2.45, 2.75) is 6.54 Å². The monoisotopic (exact) mass is 281 g/mol. The van der Waals surface area contributed by atoms with Gasteiger partial charge in [0.2, 0.25) is 0 Å². The molecule has 21 heavy (non-hydrogen) atoms. The number of hydrogen-bond donors (Lipinski definition) is 1. The number of hydrogen-bond acceptors (Lipinski definition) is 4. The number of nitriles is 1. The zero-order chi connectivity index (χ0) is 15.2. The van der Waals surface area contributed by atoms with Gasteiger partial charge in [0.1, 0.15) is 5.75 Å². The van der Waals surface area contributed by atoms with Crippen LogP contribution in [0.5, 0.6) is 5.75 Å². The normalized spacial score (nSPS) is 9.81. The number of nitrogens with zero attached hydrogens (tertiary/aromatic N) is 2. The Balaban J connectivity index is 2.16. The van der Waals surface area contributed by atoms with Gasteiger partial charge in [-0.25, -0.2) is 0 Å². The van der Waals surface area contributed by atoms with Crippen LogP contribution in [0.4, 0.5) is 11.4 Å². The highest BCUT2D eigenvalue weighted by Gasteiger charge is 2.05. The molecule has 108 valence electrons. The van der Waals surface area contributed by atoms with Gasteiger partial charge < -0.3 is 15.0 Å². The smallest absolute Gasteiger partial charge is 0.123 e. The quantitative estimate of drug-likeness (QED) is 0.914. The summed E-state index contributed by atoms with van der Waals surface area (Å²) in [6, 6.07) is 15.8. The Kier molecular flexibility index (Phi) is 4.68. The Bertz CT molecular complexity index is 659. The van der Waals surface area contributed by atoms with Crippen molar-refractivity contribution in [2.24, 2.45) is 0 Å². The van der Waals surface area contributed by atoms with E-state index in [1.165, 1.54) is 0 Å². The summed E-state index contributed by atoms with van der Waals surface area (Å²) in [5.74, 6) is 0.783. The molecule has 0 amide bonds. The molecule has 0 spiro atoms. The van der Waals surface area contributed by atoms with Crippen molar-refractivity contribution in [1.82, 2.24) is 0 Å². The molecule has 1 N–H and O–H groups in total. The van der Waals surface area contributed by atoms with Crippen molar-refractivity contribution in [1.29, 1.82) is 5.26 Å². The molecule has 0 aliphatic rings. The van der Waals surface area contributed by atoms with Crippen molar-refractivity contribution in [3.05, 3.63) is 53.6 Å². The summed E-state index contributed by atoms with van der Waals surface area (Å²) in [6.07, 6.45) is 0. The molecular weight excluding hydrogens is 262 g/mol. The minimum Gasteiger partial charge on any atom is -0.496 e. The summed E-state index contributed by atoms with van der Waals surface area (Å²) in [7, 11) is 5.66. The predicted molar refractivity (Wildman–Crippen MR) is 85.8 cm³/mol. The zero-order valence-electron chi connectivity index (χ0n) is 12.6. The Hall–Kier alpha value is -2.67. The van der Waals surface area contributed by atoms with Gasteiger partial charge in [0, 0.05) is 37.6 Å². The van der Waals surface area contributed by atoms with Crippen molar-refractivity contribution < 1.29 is 4.74 Å². The second kappa shape index (κ2) is 6.67. The summed E-state index contributed by atoms with van der Waals surface area (Å²) < 4.78 is 5.34. The van der Waals surface area contributed by atoms with E-state index < -0.39 is 0 Å². The first-order valence-corrected chi connectivity index (χ1v) is 6.72. The number of ether oxygens (including phenoxy) is 1. The lowest BCUT2D eigenvalue weighted by Gasteiger charge is -2.15.